The van der Waals surface area contributed by atoms with Gasteiger partial charge in [-0.05, 0) is 25.3 Å². The molecule has 0 aromatic carbocycles. The molecule has 0 saturated carbocycles. The zero-order valence-electron chi connectivity index (χ0n) is 8.74. The summed E-state index contributed by atoms with van der Waals surface area (Å²) in [5.74, 6) is 0.687. The number of rotatable bonds is 4. The molecule has 0 bridgehead atoms. The van der Waals surface area contributed by atoms with Crippen LogP contribution in [0.3, 0.4) is 0 Å². The number of β-amino-alcohol motifs (C(OH)–C–C–N with tert-alkyl or cyclic N) is 1. The summed E-state index contributed by atoms with van der Waals surface area (Å²) in [5, 5.41) is 9.45. The van der Waals surface area contributed by atoms with Crippen LogP contribution in [0.25, 0.3) is 0 Å². The van der Waals surface area contributed by atoms with E-state index in [1.54, 1.807) is 0 Å². The van der Waals surface area contributed by atoms with Crippen molar-refractivity contribution in [3.05, 3.63) is 0 Å². The number of nitrogens with two attached hydrogens (primary N) is 1. The van der Waals surface area contributed by atoms with Crippen molar-refractivity contribution in [2.45, 2.75) is 38.8 Å². The first kappa shape index (κ1) is 11.0. The number of hydrogen-bond acceptors (Lipinski definition) is 3. The molecule has 1 saturated heterocycles. The highest BCUT2D eigenvalue weighted by Gasteiger charge is 2.27. The molecule has 1 rings (SSSR count). The van der Waals surface area contributed by atoms with Crippen molar-refractivity contribution in [2.24, 2.45) is 11.7 Å². The number of likely N-dealkylation sites (tertiary alicyclic amines) is 1. The molecule has 0 amide bonds. The first-order chi connectivity index (χ1) is 6.15. The third-order valence-electron chi connectivity index (χ3n) is 2.90. The number of nitrogens with zero attached hydrogens (tertiary/aromatic N) is 1. The zero-order valence-corrected chi connectivity index (χ0v) is 8.74. The Morgan fingerprint density at radius 1 is 1.54 bits per heavy atom. The Bertz CT molecular complexity index is 150. The molecule has 0 aromatic heterocycles. The Hall–Kier alpha value is -0.120. The van der Waals surface area contributed by atoms with E-state index in [1.807, 2.05) is 0 Å². The molecule has 78 valence electrons. The second kappa shape index (κ2) is 4.94. The van der Waals surface area contributed by atoms with Crippen LogP contribution in [-0.2, 0) is 0 Å². The fraction of sp³-hybridized carbons (Fsp3) is 1.00. The van der Waals surface area contributed by atoms with Crippen LogP contribution in [0.2, 0.25) is 0 Å². The van der Waals surface area contributed by atoms with E-state index in [-0.39, 0.29) is 6.10 Å². The molecule has 0 aromatic rings. The lowest BCUT2D eigenvalue weighted by Gasteiger charge is -2.28. The fourth-order valence-corrected chi connectivity index (χ4v) is 2.18. The molecular formula is C10H22N2O. The van der Waals surface area contributed by atoms with E-state index in [9.17, 15) is 5.11 Å². The summed E-state index contributed by atoms with van der Waals surface area (Å²) in [6.07, 6.45) is 2.19. The summed E-state index contributed by atoms with van der Waals surface area (Å²) in [4.78, 5) is 2.38. The minimum Gasteiger partial charge on any atom is -0.390 e. The van der Waals surface area contributed by atoms with Crippen LogP contribution >= 0.6 is 0 Å². The van der Waals surface area contributed by atoms with Gasteiger partial charge in [-0.3, -0.25) is 4.90 Å². The quantitative estimate of drug-likeness (QED) is 0.669. The molecule has 2 atom stereocenters. The van der Waals surface area contributed by atoms with Gasteiger partial charge in [0.05, 0.1) is 6.10 Å². The van der Waals surface area contributed by atoms with Crippen molar-refractivity contribution in [2.75, 3.05) is 19.6 Å². The Labute approximate surface area is 80.9 Å². The fourth-order valence-electron chi connectivity index (χ4n) is 2.18. The predicted octanol–water partition coefficient (Wildman–Crippen LogP) is 0.426. The van der Waals surface area contributed by atoms with E-state index >= 15 is 0 Å². The van der Waals surface area contributed by atoms with Gasteiger partial charge in [-0.1, -0.05) is 13.8 Å². The summed E-state index contributed by atoms with van der Waals surface area (Å²) in [7, 11) is 0. The Kier molecular flexibility index (Phi) is 4.16. The average Bonchev–Trinajstić information content (AvgIpc) is 2.52. The van der Waals surface area contributed by atoms with Gasteiger partial charge in [0.2, 0.25) is 0 Å². The molecule has 0 aliphatic carbocycles. The lowest BCUT2D eigenvalue weighted by Crippen LogP contribution is -2.41. The lowest BCUT2D eigenvalue weighted by molar-refractivity contribution is 0.0990. The highest BCUT2D eigenvalue weighted by atomic mass is 16.3. The van der Waals surface area contributed by atoms with E-state index in [0.29, 0.717) is 18.5 Å². The average molecular weight is 186 g/mol. The molecule has 1 fully saturated rings. The van der Waals surface area contributed by atoms with Crippen LogP contribution in [0.15, 0.2) is 0 Å². The van der Waals surface area contributed by atoms with Crippen LogP contribution in [0.1, 0.15) is 26.7 Å². The Morgan fingerprint density at radius 2 is 2.23 bits per heavy atom. The summed E-state index contributed by atoms with van der Waals surface area (Å²) >= 11 is 0. The van der Waals surface area contributed by atoms with Gasteiger partial charge in [0.25, 0.3) is 0 Å². The number of aliphatic hydroxyl groups is 1. The second-order valence-electron chi connectivity index (χ2n) is 4.34. The van der Waals surface area contributed by atoms with E-state index < -0.39 is 0 Å². The van der Waals surface area contributed by atoms with Crippen LogP contribution in [0.4, 0.5) is 0 Å². The van der Waals surface area contributed by atoms with Crippen LogP contribution in [0, 0.1) is 5.92 Å². The molecule has 0 radical (unpaired) electrons. The maximum atomic E-state index is 9.45. The molecule has 3 heteroatoms. The van der Waals surface area contributed by atoms with Gasteiger partial charge in [0.1, 0.15) is 0 Å². The third kappa shape index (κ3) is 2.93. The topological polar surface area (TPSA) is 49.5 Å². The van der Waals surface area contributed by atoms with Crippen molar-refractivity contribution in [3.8, 4) is 0 Å². The van der Waals surface area contributed by atoms with Crippen LogP contribution in [0.5, 0.6) is 0 Å². The maximum Gasteiger partial charge on any atom is 0.0789 e. The van der Waals surface area contributed by atoms with Gasteiger partial charge in [0.15, 0.2) is 0 Å². The molecule has 1 aliphatic rings. The van der Waals surface area contributed by atoms with Crippen molar-refractivity contribution < 1.29 is 5.11 Å². The van der Waals surface area contributed by atoms with Crippen molar-refractivity contribution in [1.29, 1.82) is 0 Å². The molecule has 0 spiro atoms. The third-order valence-corrected chi connectivity index (χ3v) is 2.90. The molecule has 1 aliphatic heterocycles. The molecule has 1 heterocycles. The van der Waals surface area contributed by atoms with Crippen molar-refractivity contribution >= 4 is 0 Å². The molecule has 3 nitrogen and oxygen atoms in total. The molecule has 13 heavy (non-hydrogen) atoms. The molecule has 3 N–H and O–H groups in total. The zero-order chi connectivity index (χ0) is 9.84. The highest BCUT2D eigenvalue weighted by molar-refractivity contribution is 4.82. The maximum absolute atomic E-state index is 9.45. The Morgan fingerprint density at radius 3 is 2.77 bits per heavy atom. The Balaban J connectivity index is 2.39. The first-order valence-corrected chi connectivity index (χ1v) is 5.27. The minimum absolute atomic E-state index is 0.348. The number of aliphatic hydroxyl groups excluding tert-OH is 1. The van der Waals surface area contributed by atoms with Crippen molar-refractivity contribution in [1.82, 2.24) is 4.90 Å². The summed E-state index contributed by atoms with van der Waals surface area (Å²) in [5.41, 5.74) is 5.40. The normalized spacial score (nSPS) is 27.0. The van der Waals surface area contributed by atoms with Gasteiger partial charge in [-0.2, -0.15) is 0 Å². The van der Waals surface area contributed by atoms with Gasteiger partial charge < -0.3 is 10.8 Å². The first-order valence-electron chi connectivity index (χ1n) is 5.27. The van der Waals surface area contributed by atoms with Crippen LogP contribution < -0.4 is 5.73 Å². The van der Waals surface area contributed by atoms with Gasteiger partial charge in [0, 0.05) is 19.1 Å². The van der Waals surface area contributed by atoms with E-state index in [1.165, 1.54) is 12.8 Å². The molecular weight excluding hydrogens is 164 g/mol. The van der Waals surface area contributed by atoms with E-state index in [2.05, 4.69) is 18.7 Å². The minimum atomic E-state index is -0.348. The summed E-state index contributed by atoms with van der Waals surface area (Å²) in [6.45, 7) is 6.75. The SMILES string of the molecule is CC(C)C1CCCN1CC(O)CN. The van der Waals surface area contributed by atoms with E-state index in [0.717, 1.165) is 13.1 Å². The smallest absolute Gasteiger partial charge is 0.0789 e. The van der Waals surface area contributed by atoms with Gasteiger partial charge in [-0.15, -0.1) is 0 Å². The number of hydrogen-bond donors (Lipinski definition) is 2. The predicted molar refractivity (Wildman–Crippen MR) is 54.5 cm³/mol. The lowest BCUT2D eigenvalue weighted by atomic mass is 10.0. The van der Waals surface area contributed by atoms with Gasteiger partial charge in [-0.25, -0.2) is 0 Å². The van der Waals surface area contributed by atoms with Crippen molar-refractivity contribution in [3.63, 3.8) is 0 Å². The monoisotopic (exact) mass is 186 g/mol. The summed E-state index contributed by atoms with van der Waals surface area (Å²) in [6, 6.07) is 0.654. The molecule has 2 unspecified atom stereocenters. The second-order valence-corrected chi connectivity index (χ2v) is 4.34. The largest absolute Gasteiger partial charge is 0.390 e. The highest BCUT2D eigenvalue weighted by Crippen LogP contribution is 2.23. The van der Waals surface area contributed by atoms with Gasteiger partial charge >= 0.3 is 0 Å². The standard InChI is InChI=1S/C10H22N2O/c1-8(2)10-4-3-5-12(10)7-9(13)6-11/h8-10,13H,3-7,11H2,1-2H3. The summed E-state index contributed by atoms with van der Waals surface area (Å²) < 4.78 is 0. The van der Waals surface area contributed by atoms with Crippen LogP contribution in [-0.4, -0.2) is 41.8 Å². The van der Waals surface area contributed by atoms with E-state index in [4.69, 9.17) is 5.73 Å².